The van der Waals surface area contributed by atoms with Gasteiger partial charge in [0.05, 0.1) is 6.42 Å². The highest BCUT2D eigenvalue weighted by Gasteiger charge is 2.24. The number of nitrogens with two attached hydrogens (primary N) is 1. The van der Waals surface area contributed by atoms with Crippen molar-refractivity contribution in [2.24, 2.45) is 0 Å². The number of aromatic nitrogens is 2. The van der Waals surface area contributed by atoms with Crippen molar-refractivity contribution in [2.75, 3.05) is 17.2 Å². The zero-order valence-corrected chi connectivity index (χ0v) is 16.1. The first-order valence-electron chi connectivity index (χ1n) is 8.94. The van der Waals surface area contributed by atoms with Crippen LogP contribution in [0.25, 0.3) is 0 Å². The predicted molar refractivity (Wildman–Crippen MR) is 106 cm³/mol. The van der Waals surface area contributed by atoms with Gasteiger partial charge in [0.1, 0.15) is 5.82 Å². The van der Waals surface area contributed by atoms with E-state index in [4.69, 9.17) is 5.73 Å². The van der Waals surface area contributed by atoms with E-state index < -0.39 is 11.2 Å². The number of unbranched alkanes of at least 4 members (excludes halogenated alkanes) is 2. The van der Waals surface area contributed by atoms with Gasteiger partial charge in [0.25, 0.3) is 5.56 Å². The molecule has 0 aliphatic rings. The van der Waals surface area contributed by atoms with Crippen LogP contribution in [0.2, 0.25) is 0 Å². The molecule has 0 bridgehead atoms. The Morgan fingerprint density at radius 1 is 1.27 bits per heavy atom. The molecule has 0 fully saturated rings. The smallest absolute Gasteiger partial charge is 0.330 e. The summed E-state index contributed by atoms with van der Waals surface area (Å²) in [5, 5.41) is 1.91. The van der Waals surface area contributed by atoms with Crippen LogP contribution in [0.15, 0.2) is 27.1 Å². The molecule has 0 unspecified atom stereocenters. The molecule has 0 aliphatic carbocycles. The van der Waals surface area contributed by atoms with Gasteiger partial charge in [-0.3, -0.25) is 19.1 Å². The lowest BCUT2D eigenvalue weighted by Crippen LogP contribution is -2.42. The van der Waals surface area contributed by atoms with Gasteiger partial charge >= 0.3 is 5.69 Å². The van der Waals surface area contributed by atoms with Crippen molar-refractivity contribution >= 4 is 28.7 Å². The van der Waals surface area contributed by atoms with Gasteiger partial charge in [0, 0.05) is 18.0 Å². The molecule has 8 heteroatoms. The molecule has 26 heavy (non-hydrogen) atoms. The lowest BCUT2D eigenvalue weighted by atomic mass is 10.2. The van der Waals surface area contributed by atoms with Crippen molar-refractivity contribution in [1.29, 1.82) is 0 Å². The zero-order chi connectivity index (χ0) is 19.1. The summed E-state index contributed by atoms with van der Waals surface area (Å²) in [6.07, 6.45) is 3.46. The molecule has 0 saturated carbocycles. The maximum Gasteiger partial charge on any atom is 0.330 e. The Labute approximate surface area is 156 Å². The third-order valence-electron chi connectivity index (χ3n) is 4.16. The molecular weight excluding hydrogens is 352 g/mol. The van der Waals surface area contributed by atoms with E-state index >= 15 is 0 Å². The van der Waals surface area contributed by atoms with E-state index in [1.54, 1.807) is 0 Å². The first-order chi connectivity index (χ1) is 12.5. The molecule has 2 aromatic rings. The van der Waals surface area contributed by atoms with Crippen molar-refractivity contribution in [3.05, 3.63) is 43.2 Å². The molecule has 0 radical (unpaired) electrons. The number of carbonyl (C=O) groups is 1. The Bertz CT molecular complexity index is 839. The number of nitrogen functional groups attached to an aromatic ring is 1. The lowest BCUT2D eigenvalue weighted by Gasteiger charge is -2.24. The van der Waals surface area contributed by atoms with Crippen LogP contribution in [-0.4, -0.2) is 22.0 Å². The monoisotopic (exact) mass is 378 g/mol. The average molecular weight is 378 g/mol. The van der Waals surface area contributed by atoms with E-state index in [1.165, 1.54) is 20.8 Å². The summed E-state index contributed by atoms with van der Waals surface area (Å²) in [7, 11) is 0. The molecule has 3 N–H and O–H groups in total. The van der Waals surface area contributed by atoms with Crippen LogP contribution in [-0.2, 0) is 17.8 Å². The molecule has 2 aromatic heterocycles. The largest absolute Gasteiger partial charge is 0.383 e. The Balaban J connectivity index is 2.44. The minimum atomic E-state index is -0.615. The van der Waals surface area contributed by atoms with Crippen LogP contribution < -0.4 is 21.9 Å². The fourth-order valence-corrected chi connectivity index (χ4v) is 3.41. The molecule has 0 atom stereocenters. The first-order valence-corrected chi connectivity index (χ1v) is 9.82. The molecule has 1 amide bonds. The lowest BCUT2D eigenvalue weighted by molar-refractivity contribution is -0.118. The summed E-state index contributed by atoms with van der Waals surface area (Å²) in [6.45, 7) is 4.81. The summed E-state index contributed by atoms with van der Waals surface area (Å²) in [5.41, 5.74) is 5.09. The maximum absolute atomic E-state index is 12.9. The van der Waals surface area contributed by atoms with Crippen molar-refractivity contribution in [2.45, 2.75) is 52.5 Å². The van der Waals surface area contributed by atoms with Crippen molar-refractivity contribution in [3.63, 3.8) is 0 Å². The number of anilines is 2. The topological polar surface area (TPSA) is 101 Å². The fraction of sp³-hybridized carbons (Fsp3) is 0.500. The van der Waals surface area contributed by atoms with Crippen molar-refractivity contribution in [3.8, 4) is 0 Å². The summed E-state index contributed by atoms with van der Waals surface area (Å²) in [6, 6.07) is 3.77. The highest BCUT2D eigenvalue weighted by atomic mass is 32.1. The summed E-state index contributed by atoms with van der Waals surface area (Å²) in [4.78, 5) is 42.1. The number of nitrogens with zero attached hydrogens (tertiary/aromatic N) is 2. The number of amides is 1. The summed E-state index contributed by atoms with van der Waals surface area (Å²) in [5.74, 6) is -0.137. The highest BCUT2D eigenvalue weighted by Crippen LogP contribution is 2.20. The summed E-state index contributed by atoms with van der Waals surface area (Å²) >= 11 is 1.49. The third kappa shape index (κ3) is 4.63. The van der Waals surface area contributed by atoms with Crippen LogP contribution in [0.1, 0.15) is 44.4 Å². The highest BCUT2D eigenvalue weighted by molar-refractivity contribution is 7.10. The number of aromatic amines is 1. The number of hydrogen-bond acceptors (Lipinski definition) is 5. The Morgan fingerprint density at radius 3 is 2.62 bits per heavy atom. The SMILES string of the molecule is CCCCN(C(=O)Cc1cccs1)c1c(N)n(CCCC)c(=O)[nH]c1=O. The van der Waals surface area contributed by atoms with Gasteiger partial charge < -0.3 is 10.6 Å². The Kier molecular flexibility index (Phi) is 7.20. The van der Waals surface area contributed by atoms with E-state index in [9.17, 15) is 14.4 Å². The number of hydrogen-bond donors (Lipinski definition) is 2. The van der Waals surface area contributed by atoms with Gasteiger partial charge in [-0.1, -0.05) is 32.8 Å². The molecule has 0 aliphatic heterocycles. The second-order valence-electron chi connectivity index (χ2n) is 6.15. The first kappa shape index (κ1) is 20.0. The predicted octanol–water partition coefficient (Wildman–Crippen LogP) is 2.36. The molecule has 2 rings (SSSR count). The van der Waals surface area contributed by atoms with Gasteiger partial charge in [-0.2, -0.15) is 0 Å². The second kappa shape index (κ2) is 9.38. The van der Waals surface area contributed by atoms with Crippen LogP contribution in [0.5, 0.6) is 0 Å². The molecule has 2 heterocycles. The van der Waals surface area contributed by atoms with Gasteiger partial charge in [0.15, 0.2) is 5.69 Å². The van der Waals surface area contributed by atoms with Gasteiger partial charge in [-0.15, -0.1) is 11.3 Å². The normalized spacial score (nSPS) is 10.8. The van der Waals surface area contributed by atoms with E-state index in [-0.39, 0.29) is 23.8 Å². The van der Waals surface area contributed by atoms with E-state index in [2.05, 4.69) is 4.98 Å². The number of rotatable bonds is 9. The maximum atomic E-state index is 12.9. The Hall–Kier alpha value is -2.35. The quantitative estimate of drug-likeness (QED) is 0.699. The average Bonchev–Trinajstić information content (AvgIpc) is 3.10. The molecular formula is C18H26N4O3S. The van der Waals surface area contributed by atoms with E-state index in [0.717, 1.165) is 30.6 Å². The van der Waals surface area contributed by atoms with E-state index in [0.29, 0.717) is 13.1 Å². The van der Waals surface area contributed by atoms with Crippen LogP contribution in [0.4, 0.5) is 11.5 Å². The van der Waals surface area contributed by atoms with Gasteiger partial charge in [-0.05, 0) is 24.3 Å². The Morgan fingerprint density at radius 2 is 2.00 bits per heavy atom. The number of carbonyl (C=O) groups excluding carboxylic acids is 1. The standard InChI is InChI=1S/C18H26N4O3S/c1-3-5-9-21(14(23)12-13-8-7-11-26-13)15-16(19)22(10-6-4-2)18(25)20-17(15)24/h7-8,11H,3-6,9-10,12,19H2,1-2H3,(H,20,24,25). The van der Waals surface area contributed by atoms with Gasteiger partial charge in [0.2, 0.25) is 5.91 Å². The fourth-order valence-electron chi connectivity index (χ4n) is 2.71. The molecule has 142 valence electrons. The molecule has 7 nitrogen and oxygen atoms in total. The minimum Gasteiger partial charge on any atom is -0.383 e. The third-order valence-corrected chi connectivity index (χ3v) is 5.04. The van der Waals surface area contributed by atoms with Gasteiger partial charge in [-0.25, -0.2) is 4.79 Å². The number of H-pyrrole nitrogens is 1. The molecule has 0 spiro atoms. The second-order valence-corrected chi connectivity index (χ2v) is 7.19. The molecule has 0 saturated heterocycles. The number of nitrogens with one attached hydrogen (secondary N) is 1. The van der Waals surface area contributed by atoms with Crippen LogP contribution in [0, 0.1) is 0 Å². The van der Waals surface area contributed by atoms with Crippen LogP contribution in [0.3, 0.4) is 0 Å². The molecule has 0 aromatic carbocycles. The van der Waals surface area contributed by atoms with E-state index in [1.807, 2.05) is 31.4 Å². The van der Waals surface area contributed by atoms with Crippen molar-refractivity contribution < 1.29 is 4.79 Å². The zero-order valence-electron chi connectivity index (χ0n) is 15.3. The summed E-state index contributed by atoms with van der Waals surface area (Å²) < 4.78 is 1.34. The van der Waals surface area contributed by atoms with Crippen LogP contribution >= 0.6 is 11.3 Å². The number of thiophene rings is 1. The minimum absolute atomic E-state index is 0.0582. The van der Waals surface area contributed by atoms with Crippen molar-refractivity contribution in [1.82, 2.24) is 9.55 Å².